The Morgan fingerprint density at radius 3 is 2.41 bits per heavy atom. The number of nitrogens with zero attached hydrogens (tertiary/aromatic N) is 2. The molecule has 2 heterocycles. The molecular formula is C24H19N3O5. The Balaban J connectivity index is 2.11. The second kappa shape index (κ2) is 8.32. The molecule has 3 aromatic rings. The smallest absolute Gasteiger partial charge is 0.355 e. The summed E-state index contributed by atoms with van der Waals surface area (Å²) in [5.41, 5.74) is 8.03. The maximum absolute atomic E-state index is 13.1. The monoisotopic (exact) mass is 429 g/mol. The van der Waals surface area contributed by atoms with E-state index in [1.54, 1.807) is 54.6 Å². The lowest BCUT2D eigenvalue weighted by molar-refractivity contribution is -0.139. The zero-order chi connectivity index (χ0) is 22.8. The Kier molecular flexibility index (Phi) is 5.39. The molecule has 0 spiro atoms. The molecule has 1 aliphatic rings. The van der Waals surface area contributed by atoms with E-state index < -0.39 is 17.9 Å². The number of methoxy groups -OCH3 is 2. The van der Waals surface area contributed by atoms with E-state index in [9.17, 15) is 14.9 Å². The number of furan rings is 1. The van der Waals surface area contributed by atoms with Crippen molar-refractivity contribution in [2.75, 3.05) is 19.1 Å². The van der Waals surface area contributed by atoms with Crippen molar-refractivity contribution < 1.29 is 23.5 Å². The average Bonchev–Trinajstić information content (AvgIpc) is 3.32. The van der Waals surface area contributed by atoms with Crippen LogP contribution in [-0.2, 0) is 19.1 Å². The van der Waals surface area contributed by atoms with Gasteiger partial charge >= 0.3 is 11.9 Å². The highest BCUT2D eigenvalue weighted by molar-refractivity contribution is 6.08. The molecule has 0 saturated heterocycles. The molecule has 160 valence electrons. The largest absolute Gasteiger partial charge is 0.466 e. The van der Waals surface area contributed by atoms with Crippen molar-refractivity contribution in [2.24, 2.45) is 5.73 Å². The molecule has 0 saturated carbocycles. The molecule has 2 aromatic carbocycles. The van der Waals surface area contributed by atoms with E-state index in [-0.39, 0.29) is 22.7 Å². The number of esters is 2. The van der Waals surface area contributed by atoms with Gasteiger partial charge in [-0.2, -0.15) is 5.26 Å². The minimum absolute atomic E-state index is 0.00288. The van der Waals surface area contributed by atoms with Gasteiger partial charge in [0.25, 0.3) is 0 Å². The van der Waals surface area contributed by atoms with Crippen LogP contribution in [0, 0.1) is 11.3 Å². The number of carbonyl (C=O) groups excluding carboxylic acids is 2. The van der Waals surface area contributed by atoms with Gasteiger partial charge in [-0.25, -0.2) is 9.59 Å². The van der Waals surface area contributed by atoms with Crippen LogP contribution in [-0.4, -0.2) is 26.2 Å². The molecule has 0 bridgehead atoms. The lowest BCUT2D eigenvalue weighted by atomic mass is 9.81. The van der Waals surface area contributed by atoms with Gasteiger partial charge in [0, 0.05) is 5.39 Å². The molecule has 0 radical (unpaired) electrons. The number of fused-ring (bicyclic) bond motifs is 1. The number of nitriles is 1. The van der Waals surface area contributed by atoms with Crippen LogP contribution in [0.4, 0.5) is 5.69 Å². The average molecular weight is 429 g/mol. The van der Waals surface area contributed by atoms with Gasteiger partial charge in [0.1, 0.15) is 17.1 Å². The third-order valence-electron chi connectivity index (χ3n) is 5.32. The number of allylic oxidation sites excluding steroid dienone is 1. The summed E-state index contributed by atoms with van der Waals surface area (Å²) in [6.45, 7) is 0. The zero-order valence-corrected chi connectivity index (χ0v) is 17.4. The van der Waals surface area contributed by atoms with Gasteiger partial charge in [-0.1, -0.05) is 36.4 Å². The summed E-state index contributed by atoms with van der Waals surface area (Å²) in [7, 11) is 2.42. The molecule has 8 nitrogen and oxygen atoms in total. The first kappa shape index (κ1) is 20.8. The minimum Gasteiger partial charge on any atom is -0.466 e. The van der Waals surface area contributed by atoms with Crippen molar-refractivity contribution in [2.45, 2.75) is 5.92 Å². The van der Waals surface area contributed by atoms with Crippen molar-refractivity contribution in [3.8, 4) is 6.07 Å². The van der Waals surface area contributed by atoms with Gasteiger partial charge in [-0.3, -0.25) is 4.90 Å². The zero-order valence-electron chi connectivity index (χ0n) is 17.4. The second-order valence-corrected chi connectivity index (χ2v) is 6.94. The molecule has 0 fully saturated rings. The highest BCUT2D eigenvalue weighted by Crippen LogP contribution is 2.44. The van der Waals surface area contributed by atoms with Crippen LogP contribution in [0.2, 0.25) is 0 Å². The molecule has 0 aliphatic carbocycles. The van der Waals surface area contributed by atoms with Crippen molar-refractivity contribution in [1.29, 1.82) is 5.26 Å². The maximum atomic E-state index is 13.1. The van der Waals surface area contributed by atoms with E-state index in [2.05, 4.69) is 6.07 Å². The van der Waals surface area contributed by atoms with E-state index in [4.69, 9.17) is 19.6 Å². The Morgan fingerprint density at radius 1 is 1.03 bits per heavy atom. The Bertz CT molecular complexity index is 1310. The predicted molar refractivity (Wildman–Crippen MR) is 116 cm³/mol. The van der Waals surface area contributed by atoms with Gasteiger partial charge in [0.15, 0.2) is 0 Å². The number of hydrogen-bond acceptors (Lipinski definition) is 8. The van der Waals surface area contributed by atoms with Crippen LogP contribution in [0.25, 0.3) is 11.0 Å². The van der Waals surface area contributed by atoms with Crippen molar-refractivity contribution in [3.63, 3.8) is 0 Å². The molecule has 1 unspecified atom stereocenters. The fourth-order valence-corrected chi connectivity index (χ4v) is 3.94. The molecule has 2 N–H and O–H groups in total. The van der Waals surface area contributed by atoms with Crippen molar-refractivity contribution in [3.05, 3.63) is 89.1 Å². The number of hydrogen-bond donors (Lipinski definition) is 1. The number of anilines is 1. The second-order valence-electron chi connectivity index (χ2n) is 6.94. The van der Waals surface area contributed by atoms with E-state index in [0.29, 0.717) is 22.2 Å². The van der Waals surface area contributed by atoms with E-state index in [0.717, 1.165) is 0 Å². The SMILES string of the molecule is COC(=O)C1=C(C(=O)OC)N(c2cccc3occc23)C(N)=C(C#N)C1c1ccccc1. The molecule has 0 amide bonds. The first-order valence-corrected chi connectivity index (χ1v) is 9.65. The van der Waals surface area contributed by atoms with Gasteiger partial charge < -0.3 is 19.6 Å². The maximum Gasteiger partial charge on any atom is 0.355 e. The third kappa shape index (κ3) is 3.17. The summed E-state index contributed by atoms with van der Waals surface area (Å²) in [6, 6.07) is 17.9. The normalized spacial score (nSPS) is 16.2. The quantitative estimate of drug-likeness (QED) is 0.627. The molecule has 32 heavy (non-hydrogen) atoms. The van der Waals surface area contributed by atoms with Crippen LogP contribution in [0.1, 0.15) is 11.5 Å². The fraction of sp³-hybridized carbons (Fsp3) is 0.125. The molecule has 8 heteroatoms. The number of nitrogens with two attached hydrogens (primary N) is 1. The number of benzene rings is 2. The minimum atomic E-state index is -0.914. The summed E-state index contributed by atoms with van der Waals surface area (Å²) in [6.07, 6.45) is 1.50. The standard InChI is InChI=1S/C24H19N3O5/c1-30-23(28)20-19(14-7-4-3-5-8-14)16(13-25)22(26)27(21(20)24(29)31-2)17-9-6-10-18-15(17)11-12-32-18/h3-12,19H,26H2,1-2H3. The molecule has 1 atom stereocenters. The topological polar surface area (TPSA) is 119 Å². The van der Waals surface area contributed by atoms with Crippen LogP contribution in [0.5, 0.6) is 0 Å². The molecule has 4 rings (SSSR count). The lowest BCUT2D eigenvalue weighted by Gasteiger charge is -2.36. The molecule has 1 aromatic heterocycles. The Hall–Kier alpha value is -4.51. The van der Waals surface area contributed by atoms with Crippen LogP contribution in [0.15, 0.2) is 87.9 Å². The first-order chi connectivity index (χ1) is 15.5. The molecule has 1 aliphatic heterocycles. The highest BCUT2D eigenvalue weighted by atomic mass is 16.5. The van der Waals surface area contributed by atoms with E-state index in [1.807, 2.05) is 0 Å². The lowest BCUT2D eigenvalue weighted by Crippen LogP contribution is -2.40. The number of carbonyl (C=O) groups is 2. The van der Waals surface area contributed by atoms with Gasteiger partial charge in [0.2, 0.25) is 0 Å². The summed E-state index contributed by atoms with van der Waals surface area (Å²) in [4.78, 5) is 27.4. The van der Waals surface area contributed by atoms with Crippen LogP contribution in [0.3, 0.4) is 0 Å². The third-order valence-corrected chi connectivity index (χ3v) is 5.32. The Morgan fingerprint density at radius 2 is 1.75 bits per heavy atom. The highest BCUT2D eigenvalue weighted by Gasteiger charge is 2.43. The summed E-state index contributed by atoms with van der Waals surface area (Å²) in [5.74, 6) is -2.48. The summed E-state index contributed by atoms with van der Waals surface area (Å²) < 4.78 is 15.5. The van der Waals surface area contributed by atoms with E-state index in [1.165, 1.54) is 25.4 Å². The van der Waals surface area contributed by atoms with Gasteiger partial charge in [-0.05, 0) is 23.8 Å². The van der Waals surface area contributed by atoms with Gasteiger partial charge in [-0.15, -0.1) is 0 Å². The van der Waals surface area contributed by atoms with E-state index >= 15 is 0 Å². The van der Waals surface area contributed by atoms with Crippen molar-refractivity contribution in [1.82, 2.24) is 0 Å². The summed E-state index contributed by atoms with van der Waals surface area (Å²) >= 11 is 0. The number of rotatable bonds is 4. The Labute approximate surface area is 183 Å². The summed E-state index contributed by atoms with van der Waals surface area (Å²) in [5, 5.41) is 10.7. The first-order valence-electron chi connectivity index (χ1n) is 9.65. The molecular weight excluding hydrogens is 410 g/mol. The number of ether oxygens (including phenoxy) is 2. The van der Waals surface area contributed by atoms with Crippen molar-refractivity contribution >= 4 is 28.6 Å². The fourth-order valence-electron chi connectivity index (χ4n) is 3.94. The van der Waals surface area contributed by atoms with Crippen LogP contribution < -0.4 is 10.6 Å². The predicted octanol–water partition coefficient (Wildman–Crippen LogP) is 3.33. The van der Waals surface area contributed by atoms with Gasteiger partial charge in [0.05, 0.1) is 49.3 Å². The van der Waals surface area contributed by atoms with Crippen LogP contribution >= 0.6 is 0 Å².